The van der Waals surface area contributed by atoms with Gasteiger partial charge in [-0.15, -0.1) is 0 Å². The molecule has 0 atom stereocenters. The van der Waals surface area contributed by atoms with Crippen LogP contribution in [-0.2, 0) is 6.54 Å². The van der Waals surface area contributed by atoms with Crippen LogP contribution in [0, 0.1) is 17.7 Å². The molecule has 1 aromatic heterocycles. The summed E-state index contributed by atoms with van der Waals surface area (Å²) in [5, 5.41) is 4.26. The second-order valence-corrected chi connectivity index (χ2v) is 3.76. The maximum absolute atomic E-state index is 13.6. The van der Waals surface area contributed by atoms with Crippen molar-refractivity contribution in [3.05, 3.63) is 56.1 Å². The van der Waals surface area contributed by atoms with Crippen LogP contribution in [0.25, 0.3) is 0 Å². The highest BCUT2D eigenvalue weighted by molar-refractivity contribution is 5.38. The molecule has 0 saturated heterocycles. The number of nitrogens with zero attached hydrogens (tertiary/aromatic N) is 1. The number of hydrogen-bond donors (Lipinski definition) is 3. The van der Waals surface area contributed by atoms with Crippen molar-refractivity contribution in [2.24, 2.45) is 5.73 Å². The Morgan fingerprint density at radius 2 is 1.95 bits per heavy atom. The maximum atomic E-state index is 13.6. The lowest BCUT2D eigenvalue weighted by Gasteiger charge is -2.03. The summed E-state index contributed by atoms with van der Waals surface area (Å²) < 4.78 is 14.5. The summed E-state index contributed by atoms with van der Waals surface area (Å²) in [7, 11) is 0. The number of hydrogen-bond acceptors (Lipinski definition) is 3. The monoisotopic (exact) mass is 262 g/mol. The molecule has 0 bridgehead atoms. The number of halogens is 1. The van der Waals surface area contributed by atoms with Crippen LogP contribution in [0.5, 0.6) is 0 Å². The molecular formula is C12H11FN4O2. The van der Waals surface area contributed by atoms with Crippen molar-refractivity contribution in [3.63, 3.8) is 0 Å². The van der Waals surface area contributed by atoms with Crippen LogP contribution in [0.4, 0.5) is 4.39 Å². The summed E-state index contributed by atoms with van der Waals surface area (Å²) in [5.41, 5.74) is 4.78. The highest BCUT2D eigenvalue weighted by Gasteiger charge is 2.08. The number of H-pyrrole nitrogens is 2. The fraction of sp³-hybridized carbons (Fsp3) is 0.167. The molecule has 0 amide bonds. The summed E-state index contributed by atoms with van der Waals surface area (Å²) in [6, 6.07) is 4.23. The molecule has 0 aliphatic carbocycles. The van der Waals surface area contributed by atoms with Crippen molar-refractivity contribution >= 4 is 0 Å². The van der Waals surface area contributed by atoms with E-state index in [0.717, 1.165) is 4.57 Å². The maximum Gasteiger partial charge on any atom is 0.344 e. The highest BCUT2D eigenvalue weighted by Crippen LogP contribution is 2.10. The van der Waals surface area contributed by atoms with E-state index in [4.69, 9.17) is 5.73 Å². The van der Waals surface area contributed by atoms with Gasteiger partial charge in [0.05, 0.1) is 13.1 Å². The summed E-state index contributed by atoms with van der Waals surface area (Å²) in [6.07, 6.45) is 0. The van der Waals surface area contributed by atoms with Gasteiger partial charge < -0.3 is 5.73 Å². The first-order valence-electron chi connectivity index (χ1n) is 5.46. The number of aromatic nitrogens is 3. The van der Waals surface area contributed by atoms with Gasteiger partial charge in [-0.3, -0.25) is 0 Å². The molecule has 4 N–H and O–H groups in total. The molecule has 7 heteroatoms. The van der Waals surface area contributed by atoms with Gasteiger partial charge in [-0.25, -0.2) is 28.7 Å². The van der Waals surface area contributed by atoms with E-state index >= 15 is 0 Å². The topological polar surface area (TPSA) is 96.7 Å². The van der Waals surface area contributed by atoms with Crippen LogP contribution in [0.3, 0.4) is 0 Å². The van der Waals surface area contributed by atoms with E-state index in [9.17, 15) is 14.0 Å². The van der Waals surface area contributed by atoms with E-state index in [1.807, 2.05) is 0 Å². The standard InChI is InChI=1S/C12H11FN4O2/c13-10-4-3-8(2-1-5-14)6-9(10)7-17-11(18)15-16-12(17)19/h3-4,6H,5,7,14H2,(H,15,18)(H,16,19). The number of benzene rings is 1. The molecular weight excluding hydrogens is 251 g/mol. The first-order valence-corrected chi connectivity index (χ1v) is 5.46. The quantitative estimate of drug-likeness (QED) is 0.628. The van der Waals surface area contributed by atoms with Crippen molar-refractivity contribution < 1.29 is 4.39 Å². The number of nitrogens with one attached hydrogen (secondary N) is 2. The van der Waals surface area contributed by atoms with Gasteiger partial charge in [0.2, 0.25) is 0 Å². The molecule has 0 fully saturated rings. The smallest absolute Gasteiger partial charge is 0.320 e. The number of nitrogens with two attached hydrogens (primary N) is 1. The van der Waals surface area contributed by atoms with E-state index in [2.05, 4.69) is 22.0 Å². The van der Waals surface area contributed by atoms with Crippen molar-refractivity contribution in [1.82, 2.24) is 14.8 Å². The molecule has 1 aromatic carbocycles. The van der Waals surface area contributed by atoms with Gasteiger partial charge in [0, 0.05) is 11.1 Å². The van der Waals surface area contributed by atoms with E-state index in [1.165, 1.54) is 18.2 Å². The van der Waals surface area contributed by atoms with E-state index in [-0.39, 0.29) is 18.7 Å². The Labute approximate surface area is 107 Å². The van der Waals surface area contributed by atoms with Crippen molar-refractivity contribution in [1.29, 1.82) is 0 Å². The molecule has 6 nitrogen and oxygen atoms in total. The fourth-order valence-electron chi connectivity index (χ4n) is 1.57. The number of rotatable bonds is 2. The molecule has 0 aliphatic heterocycles. The van der Waals surface area contributed by atoms with Gasteiger partial charge >= 0.3 is 11.4 Å². The largest absolute Gasteiger partial charge is 0.344 e. The summed E-state index contributed by atoms with van der Waals surface area (Å²) >= 11 is 0. The average Bonchev–Trinajstić information content (AvgIpc) is 2.71. The normalized spacial score (nSPS) is 10.0. The first kappa shape index (κ1) is 12.9. The highest BCUT2D eigenvalue weighted by atomic mass is 19.1. The first-order chi connectivity index (χ1) is 9.11. The zero-order valence-electron chi connectivity index (χ0n) is 9.87. The lowest BCUT2D eigenvalue weighted by atomic mass is 10.1. The van der Waals surface area contributed by atoms with E-state index in [1.54, 1.807) is 0 Å². The Bertz CT molecular complexity index is 733. The minimum atomic E-state index is -0.622. The molecule has 0 spiro atoms. The Balaban J connectivity index is 2.40. The molecule has 0 radical (unpaired) electrons. The fourth-order valence-corrected chi connectivity index (χ4v) is 1.57. The SMILES string of the molecule is NCC#Cc1ccc(F)c(Cn2c(=O)[nH][nH]c2=O)c1. The molecule has 0 unspecified atom stereocenters. The zero-order valence-corrected chi connectivity index (χ0v) is 9.87. The van der Waals surface area contributed by atoms with E-state index < -0.39 is 17.2 Å². The second-order valence-electron chi connectivity index (χ2n) is 3.76. The molecule has 2 rings (SSSR count). The molecule has 2 aromatic rings. The van der Waals surface area contributed by atoms with Crippen molar-refractivity contribution in [2.45, 2.75) is 6.54 Å². The predicted octanol–water partition coefficient (Wildman–Crippen LogP) is -0.638. The summed E-state index contributed by atoms with van der Waals surface area (Å²) in [5.74, 6) is 4.90. The van der Waals surface area contributed by atoms with Gasteiger partial charge in [0.15, 0.2) is 0 Å². The third-order valence-corrected chi connectivity index (χ3v) is 2.48. The molecule has 0 saturated carbocycles. The summed E-state index contributed by atoms with van der Waals surface area (Å²) in [6.45, 7) is 0.0330. The van der Waals surface area contributed by atoms with Crippen LogP contribution >= 0.6 is 0 Å². The third kappa shape index (κ3) is 2.81. The van der Waals surface area contributed by atoms with Crippen LogP contribution in [0.1, 0.15) is 11.1 Å². The Morgan fingerprint density at radius 1 is 1.26 bits per heavy atom. The minimum absolute atomic E-state index is 0.165. The van der Waals surface area contributed by atoms with Gasteiger partial charge in [0.1, 0.15) is 5.82 Å². The molecule has 1 heterocycles. The Kier molecular flexibility index (Phi) is 3.63. The van der Waals surface area contributed by atoms with Crippen LogP contribution in [0.15, 0.2) is 27.8 Å². The lowest BCUT2D eigenvalue weighted by Crippen LogP contribution is -2.27. The minimum Gasteiger partial charge on any atom is -0.320 e. The molecule has 0 aliphatic rings. The van der Waals surface area contributed by atoms with Crippen LogP contribution in [-0.4, -0.2) is 21.3 Å². The van der Waals surface area contributed by atoms with E-state index in [0.29, 0.717) is 5.56 Å². The zero-order chi connectivity index (χ0) is 13.8. The summed E-state index contributed by atoms with van der Waals surface area (Å²) in [4.78, 5) is 22.6. The second kappa shape index (κ2) is 5.37. The average molecular weight is 262 g/mol. The van der Waals surface area contributed by atoms with Crippen molar-refractivity contribution in [2.75, 3.05) is 6.54 Å². The third-order valence-electron chi connectivity index (χ3n) is 2.48. The Morgan fingerprint density at radius 3 is 2.58 bits per heavy atom. The van der Waals surface area contributed by atoms with Gasteiger partial charge in [-0.1, -0.05) is 11.8 Å². The lowest BCUT2D eigenvalue weighted by molar-refractivity contribution is 0.593. The van der Waals surface area contributed by atoms with Gasteiger partial charge in [-0.2, -0.15) is 0 Å². The van der Waals surface area contributed by atoms with Crippen LogP contribution < -0.4 is 17.1 Å². The number of aromatic amines is 2. The van der Waals surface area contributed by atoms with Gasteiger partial charge in [0.25, 0.3) is 0 Å². The predicted molar refractivity (Wildman–Crippen MR) is 67.1 cm³/mol. The van der Waals surface area contributed by atoms with Gasteiger partial charge in [-0.05, 0) is 18.2 Å². The van der Waals surface area contributed by atoms with Crippen molar-refractivity contribution in [3.8, 4) is 11.8 Å². The van der Waals surface area contributed by atoms with Crippen LogP contribution in [0.2, 0.25) is 0 Å². The molecule has 19 heavy (non-hydrogen) atoms. The molecule has 98 valence electrons. The Hall–Kier alpha value is -2.59.